The number of rotatable bonds is 3. The molecule has 0 aliphatic rings. The average Bonchev–Trinajstić information content (AvgIpc) is 2.52. The van der Waals surface area contributed by atoms with Gasteiger partial charge in [-0.2, -0.15) is 0 Å². The molecule has 2 rings (SSSR count). The summed E-state index contributed by atoms with van der Waals surface area (Å²) in [5, 5.41) is 10.3. The van der Waals surface area contributed by atoms with Gasteiger partial charge < -0.3 is 15.6 Å². The third-order valence-electron chi connectivity index (χ3n) is 2.87. The molecular formula is C15H15N3O4. The molecule has 0 spiro atoms. The van der Waals surface area contributed by atoms with E-state index in [2.05, 4.69) is 5.43 Å². The van der Waals surface area contributed by atoms with E-state index in [9.17, 15) is 14.7 Å². The minimum Gasteiger partial charge on any atom is -0.508 e. The van der Waals surface area contributed by atoms with Gasteiger partial charge in [0.05, 0.1) is 7.11 Å². The highest BCUT2D eigenvalue weighted by atomic mass is 16.5. The third-order valence-corrected chi connectivity index (χ3v) is 2.87. The summed E-state index contributed by atoms with van der Waals surface area (Å²) in [6.07, 6.45) is 0. The number of methoxy groups -OCH3 is 1. The van der Waals surface area contributed by atoms with Crippen LogP contribution in [-0.4, -0.2) is 24.2 Å². The molecular weight excluding hydrogens is 286 g/mol. The number of anilines is 1. The Balaban J connectivity index is 2.43. The lowest BCUT2D eigenvalue weighted by molar-refractivity contribution is 0.0975. The van der Waals surface area contributed by atoms with E-state index in [0.717, 1.165) is 5.01 Å². The predicted molar refractivity (Wildman–Crippen MR) is 80.6 cm³/mol. The number of ether oxygens (including phenoxy) is 1. The Labute approximate surface area is 126 Å². The number of para-hydroxylation sites is 2. The summed E-state index contributed by atoms with van der Waals surface area (Å²) in [5.41, 5.74) is 8.00. The zero-order valence-corrected chi connectivity index (χ0v) is 11.8. The molecule has 114 valence electrons. The summed E-state index contributed by atoms with van der Waals surface area (Å²) in [5.74, 6) is -0.102. The summed E-state index contributed by atoms with van der Waals surface area (Å²) < 4.78 is 5.19. The minimum atomic E-state index is -0.891. The van der Waals surface area contributed by atoms with E-state index in [-0.39, 0.29) is 11.3 Å². The standard InChI is InChI=1S/C15H15N3O4/c1-22-13-5-3-2-4-12(13)18(17-15(16)21)14(20)10-6-8-11(19)9-7-10/h2-9,19H,1H3,(H3,16,17,21). The zero-order valence-electron chi connectivity index (χ0n) is 11.8. The van der Waals surface area contributed by atoms with Crippen LogP contribution >= 0.6 is 0 Å². The molecule has 0 heterocycles. The number of benzene rings is 2. The number of hydrogen-bond donors (Lipinski definition) is 3. The fraction of sp³-hybridized carbons (Fsp3) is 0.0667. The molecule has 0 aliphatic carbocycles. The molecule has 0 radical (unpaired) electrons. The molecule has 0 saturated carbocycles. The number of carbonyl (C=O) groups is 2. The van der Waals surface area contributed by atoms with E-state index in [4.69, 9.17) is 10.5 Å². The van der Waals surface area contributed by atoms with Crippen molar-refractivity contribution in [1.82, 2.24) is 5.43 Å². The normalized spacial score (nSPS) is 9.86. The first-order valence-corrected chi connectivity index (χ1v) is 6.35. The van der Waals surface area contributed by atoms with Crippen molar-refractivity contribution < 1.29 is 19.4 Å². The van der Waals surface area contributed by atoms with Crippen molar-refractivity contribution in [3.63, 3.8) is 0 Å². The van der Waals surface area contributed by atoms with E-state index in [1.807, 2.05) is 0 Å². The van der Waals surface area contributed by atoms with Crippen LogP contribution in [-0.2, 0) is 0 Å². The molecule has 0 saturated heterocycles. The van der Waals surface area contributed by atoms with Crippen molar-refractivity contribution in [2.45, 2.75) is 0 Å². The second-order valence-electron chi connectivity index (χ2n) is 4.34. The van der Waals surface area contributed by atoms with Crippen molar-refractivity contribution in [3.05, 3.63) is 54.1 Å². The number of nitrogens with zero attached hydrogens (tertiary/aromatic N) is 1. The van der Waals surface area contributed by atoms with Crippen LogP contribution in [0.25, 0.3) is 0 Å². The van der Waals surface area contributed by atoms with Crippen LogP contribution in [0.4, 0.5) is 10.5 Å². The number of hydrazine groups is 1. The first kappa shape index (κ1) is 15.2. The molecule has 2 aromatic rings. The topological polar surface area (TPSA) is 105 Å². The predicted octanol–water partition coefficient (Wildman–Crippen LogP) is 1.63. The first-order valence-electron chi connectivity index (χ1n) is 6.35. The van der Waals surface area contributed by atoms with E-state index < -0.39 is 11.9 Å². The number of nitrogens with two attached hydrogens (primary N) is 1. The fourth-order valence-corrected chi connectivity index (χ4v) is 1.88. The van der Waals surface area contributed by atoms with Crippen LogP contribution in [0.5, 0.6) is 11.5 Å². The smallest absolute Gasteiger partial charge is 0.331 e. The van der Waals surface area contributed by atoms with E-state index >= 15 is 0 Å². The van der Waals surface area contributed by atoms with Gasteiger partial charge in [-0.05, 0) is 36.4 Å². The summed E-state index contributed by atoms with van der Waals surface area (Å²) in [6, 6.07) is 11.4. The highest BCUT2D eigenvalue weighted by molar-refractivity contribution is 6.07. The quantitative estimate of drug-likeness (QED) is 0.749. The lowest BCUT2D eigenvalue weighted by atomic mass is 10.2. The van der Waals surface area contributed by atoms with Gasteiger partial charge in [-0.1, -0.05) is 12.1 Å². The van der Waals surface area contributed by atoms with Crippen LogP contribution < -0.4 is 20.9 Å². The minimum absolute atomic E-state index is 0.0308. The Bertz CT molecular complexity index is 685. The molecule has 3 amide bonds. The van der Waals surface area contributed by atoms with E-state index in [1.165, 1.54) is 31.4 Å². The largest absolute Gasteiger partial charge is 0.508 e. The highest BCUT2D eigenvalue weighted by Gasteiger charge is 2.22. The summed E-state index contributed by atoms with van der Waals surface area (Å²) in [7, 11) is 1.45. The molecule has 0 bridgehead atoms. The monoisotopic (exact) mass is 301 g/mol. The van der Waals surface area contributed by atoms with Crippen LogP contribution in [0.3, 0.4) is 0 Å². The molecule has 0 aliphatic heterocycles. The molecule has 0 aromatic heterocycles. The Morgan fingerprint density at radius 1 is 1.14 bits per heavy atom. The number of urea groups is 1. The van der Waals surface area contributed by atoms with Gasteiger partial charge in [0.15, 0.2) is 0 Å². The highest BCUT2D eigenvalue weighted by Crippen LogP contribution is 2.27. The Kier molecular flexibility index (Phi) is 4.47. The van der Waals surface area contributed by atoms with Crippen molar-refractivity contribution in [2.24, 2.45) is 5.73 Å². The number of phenols is 1. The van der Waals surface area contributed by atoms with Gasteiger partial charge in [-0.25, -0.2) is 15.2 Å². The number of primary amides is 1. The van der Waals surface area contributed by atoms with E-state index in [1.54, 1.807) is 24.3 Å². The summed E-state index contributed by atoms with van der Waals surface area (Å²) in [6.45, 7) is 0. The van der Waals surface area contributed by atoms with Crippen molar-refractivity contribution in [1.29, 1.82) is 0 Å². The van der Waals surface area contributed by atoms with Gasteiger partial charge in [-0.3, -0.25) is 4.79 Å². The van der Waals surface area contributed by atoms with Gasteiger partial charge in [0.1, 0.15) is 17.2 Å². The van der Waals surface area contributed by atoms with Gasteiger partial charge in [0, 0.05) is 5.56 Å². The molecule has 0 fully saturated rings. The lowest BCUT2D eigenvalue weighted by Gasteiger charge is -2.24. The number of aromatic hydroxyl groups is 1. The Morgan fingerprint density at radius 3 is 2.36 bits per heavy atom. The van der Waals surface area contributed by atoms with Crippen LogP contribution in [0.2, 0.25) is 0 Å². The number of nitrogens with one attached hydrogen (secondary N) is 1. The molecule has 7 nitrogen and oxygen atoms in total. The zero-order chi connectivity index (χ0) is 16.1. The molecule has 4 N–H and O–H groups in total. The van der Waals surface area contributed by atoms with Crippen LogP contribution in [0, 0.1) is 0 Å². The van der Waals surface area contributed by atoms with Crippen molar-refractivity contribution >= 4 is 17.6 Å². The van der Waals surface area contributed by atoms with Gasteiger partial charge in [0.25, 0.3) is 5.91 Å². The maximum absolute atomic E-state index is 12.6. The Morgan fingerprint density at radius 2 is 1.77 bits per heavy atom. The van der Waals surface area contributed by atoms with Gasteiger partial charge in [-0.15, -0.1) is 0 Å². The number of carbonyl (C=O) groups excluding carboxylic acids is 2. The second kappa shape index (κ2) is 6.49. The number of hydrogen-bond acceptors (Lipinski definition) is 4. The Hall–Kier alpha value is -3.22. The second-order valence-corrected chi connectivity index (χ2v) is 4.34. The van der Waals surface area contributed by atoms with Gasteiger partial charge >= 0.3 is 6.03 Å². The summed E-state index contributed by atoms with van der Waals surface area (Å²) >= 11 is 0. The third kappa shape index (κ3) is 3.26. The van der Waals surface area contributed by atoms with E-state index in [0.29, 0.717) is 11.4 Å². The SMILES string of the molecule is COc1ccccc1N(NC(N)=O)C(=O)c1ccc(O)cc1. The van der Waals surface area contributed by atoms with Crippen LogP contribution in [0.1, 0.15) is 10.4 Å². The lowest BCUT2D eigenvalue weighted by Crippen LogP contribution is -2.49. The molecule has 7 heteroatoms. The number of phenolic OH excluding ortho intramolecular Hbond substituents is 1. The van der Waals surface area contributed by atoms with Crippen LogP contribution in [0.15, 0.2) is 48.5 Å². The van der Waals surface area contributed by atoms with Crippen molar-refractivity contribution in [2.75, 3.05) is 12.1 Å². The van der Waals surface area contributed by atoms with Gasteiger partial charge in [0.2, 0.25) is 0 Å². The fourth-order valence-electron chi connectivity index (χ4n) is 1.88. The number of amides is 3. The maximum Gasteiger partial charge on any atom is 0.331 e. The molecule has 22 heavy (non-hydrogen) atoms. The molecule has 2 aromatic carbocycles. The average molecular weight is 301 g/mol. The molecule has 0 atom stereocenters. The maximum atomic E-state index is 12.6. The van der Waals surface area contributed by atoms with Crippen molar-refractivity contribution in [3.8, 4) is 11.5 Å². The first-order chi connectivity index (χ1) is 10.5. The summed E-state index contributed by atoms with van der Waals surface area (Å²) in [4.78, 5) is 23.8. The molecule has 0 unspecified atom stereocenters.